The van der Waals surface area contributed by atoms with Crippen LogP contribution in [0, 0.1) is 16.0 Å². The van der Waals surface area contributed by atoms with Crippen molar-refractivity contribution in [1.82, 2.24) is 4.98 Å². The Balaban J connectivity index is 1.67. The van der Waals surface area contributed by atoms with Crippen molar-refractivity contribution in [3.8, 4) is 11.5 Å². The molecule has 6 nitrogen and oxygen atoms in total. The summed E-state index contributed by atoms with van der Waals surface area (Å²) in [5.41, 5.74) is 2.93. The highest BCUT2D eigenvalue weighted by Gasteiger charge is 2.22. The molecule has 6 heteroatoms. The number of benzene rings is 2. The number of nitrogens with zero attached hydrogens (tertiary/aromatic N) is 2. The maximum Gasteiger partial charge on any atom is 0.273 e. The second kappa shape index (κ2) is 6.64. The van der Waals surface area contributed by atoms with E-state index in [9.17, 15) is 10.1 Å². The van der Waals surface area contributed by atoms with Crippen LogP contribution >= 0.6 is 0 Å². The third-order valence-electron chi connectivity index (χ3n) is 4.67. The molecule has 4 rings (SSSR count). The molecule has 0 N–H and O–H groups in total. The second-order valence-corrected chi connectivity index (χ2v) is 6.35. The van der Waals surface area contributed by atoms with Gasteiger partial charge in [-0.3, -0.25) is 10.1 Å². The summed E-state index contributed by atoms with van der Waals surface area (Å²) >= 11 is 0. The first-order valence-corrected chi connectivity index (χ1v) is 8.42. The van der Waals surface area contributed by atoms with Crippen molar-refractivity contribution in [1.29, 1.82) is 0 Å². The molecule has 0 amide bonds. The van der Waals surface area contributed by atoms with E-state index in [1.807, 2.05) is 36.4 Å². The quantitative estimate of drug-likeness (QED) is 0.521. The van der Waals surface area contributed by atoms with Crippen molar-refractivity contribution in [3.63, 3.8) is 0 Å². The molecule has 1 fully saturated rings. The molecule has 0 radical (unpaired) electrons. The normalized spacial score (nSPS) is 15.5. The summed E-state index contributed by atoms with van der Waals surface area (Å²) in [5.74, 6) is 0.838. The summed E-state index contributed by atoms with van der Waals surface area (Å²) in [5, 5.41) is 11.5. The standard InChI is InChI=1S/C19H18N2O4/c22-21(23)17-12-15(19-20-16-3-1-2-4-18(16)25-19)6-5-14(17)11-13-7-9-24-10-8-13/h1-6,12-13H,7-11H2. The Morgan fingerprint density at radius 3 is 2.72 bits per heavy atom. The predicted octanol–water partition coefficient (Wildman–Crippen LogP) is 4.37. The smallest absolute Gasteiger partial charge is 0.273 e. The van der Waals surface area contributed by atoms with Crippen molar-refractivity contribution in [2.45, 2.75) is 19.3 Å². The Kier molecular flexibility index (Phi) is 4.19. The van der Waals surface area contributed by atoms with Crippen molar-refractivity contribution < 1.29 is 14.1 Å². The van der Waals surface area contributed by atoms with Crippen LogP contribution in [0.2, 0.25) is 0 Å². The minimum absolute atomic E-state index is 0.131. The van der Waals surface area contributed by atoms with E-state index in [0.29, 0.717) is 29.4 Å². The van der Waals surface area contributed by atoms with Crippen LogP contribution in [-0.2, 0) is 11.2 Å². The highest BCUT2D eigenvalue weighted by molar-refractivity contribution is 5.76. The molecule has 1 aliphatic heterocycles. The Hall–Kier alpha value is -2.73. The lowest BCUT2D eigenvalue weighted by Crippen LogP contribution is -2.18. The lowest BCUT2D eigenvalue weighted by molar-refractivity contribution is -0.385. The molecular weight excluding hydrogens is 320 g/mol. The highest BCUT2D eigenvalue weighted by Crippen LogP contribution is 2.31. The summed E-state index contributed by atoms with van der Waals surface area (Å²) in [6.07, 6.45) is 2.60. The number of ether oxygens (including phenoxy) is 1. The van der Waals surface area contributed by atoms with E-state index in [0.717, 1.165) is 37.1 Å². The Labute approximate surface area is 144 Å². The molecule has 1 aromatic heterocycles. The fourth-order valence-corrected chi connectivity index (χ4v) is 3.30. The van der Waals surface area contributed by atoms with E-state index in [4.69, 9.17) is 9.15 Å². The summed E-state index contributed by atoms with van der Waals surface area (Å²) in [6, 6.07) is 12.7. The molecule has 0 bridgehead atoms. The monoisotopic (exact) mass is 338 g/mol. The van der Waals surface area contributed by atoms with E-state index >= 15 is 0 Å². The van der Waals surface area contributed by atoms with Crippen molar-refractivity contribution in [2.24, 2.45) is 5.92 Å². The van der Waals surface area contributed by atoms with Gasteiger partial charge < -0.3 is 9.15 Å². The fourth-order valence-electron chi connectivity index (χ4n) is 3.30. The zero-order valence-corrected chi connectivity index (χ0v) is 13.7. The SMILES string of the molecule is O=[N+]([O-])c1cc(-c2nc3ccccc3o2)ccc1CC1CCOCC1. The predicted molar refractivity (Wildman–Crippen MR) is 93.3 cm³/mol. The first kappa shape index (κ1) is 15.8. The number of nitro groups is 1. The van der Waals surface area contributed by atoms with Crippen LogP contribution in [0.25, 0.3) is 22.6 Å². The second-order valence-electron chi connectivity index (χ2n) is 6.35. The molecule has 0 aliphatic carbocycles. The molecule has 128 valence electrons. The zero-order chi connectivity index (χ0) is 17.2. The third-order valence-corrected chi connectivity index (χ3v) is 4.67. The summed E-state index contributed by atoms with van der Waals surface area (Å²) in [4.78, 5) is 15.7. The molecule has 0 atom stereocenters. The topological polar surface area (TPSA) is 78.4 Å². The number of fused-ring (bicyclic) bond motifs is 1. The van der Waals surface area contributed by atoms with Crippen LogP contribution in [0.15, 0.2) is 46.9 Å². The maximum absolute atomic E-state index is 11.5. The van der Waals surface area contributed by atoms with Gasteiger partial charge in [0.05, 0.1) is 4.92 Å². The molecule has 0 unspecified atom stereocenters. The number of nitro benzene ring substituents is 1. The van der Waals surface area contributed by atoms with Crippen LogP contribution in [0.1, 0.15) is 18.4 Å². The molecule has 0 spiro atoms. The lowest BCUT2D eigenvalue weighted by atomic mass is 9.91. The van der Waals surface area contributed by atoms with E-state index in [1.165, 1.54) is 0 Å². The minimum Gasteiger partial charge on any atom is -0.436 e. The van der Waals surface area contributed by atoms with Gasteiger partial charge in [-0.15, -0.1) is 0 Å². The number of hydrogen-bond donors (Lipinski definition) is 0. The van der Waals surface area contributed by atoms with Crippen LogP contribution in [0.5, 0.6) is 0 Å². The zero-order valence-electron chi connectivity index (χ0n) is 13.7. The molecule has 2 heterocycles. The van der Waals surface area contributed by atoms with Gasteiger partial charge in [-0.25, -0.2) is 4.98 Å². The van der Waals surface area contributed by atoms with Gasteiger partial charge in [-0.1, -0.05) is 18.2 Å². The molecule has 2 aromatic carbocycles. The summed E-state index contributed by atoms with van der Waals surface area (Å²) in [7, 11) is 0. The summed E-state index contributed by atoms with van der Waals surface area (Å²) < 4.78 is 11.1. The number of hydrogen-bond acceptors (Lipinski definition) is 5. The lowest BCUT2D eigenvalue weighted by Gasteiger charge is -2.21. The van der Waals surface area contributed by atoms with Gasteiger partial charge >= 0.3 is 0 Å². The molecule has 1 aliphatic rings. The highest BCUT2D eigenvalue weighted by atomic mass is 16.6. The molecular formula is C19H18N2O4. The van der Waals surface area contributed by atoms with E-state index in [1.54, 1.807) is 6.07 Å². The first-order valence-electron chi connectivity index (χ1n) is 8.42. The number of aromatic nitrogens is 1. The van der Waals surface area contributed by atoms with Crippen molar-refractivity contribution in [2.75, 3.05) is 13.2 Å². The molecule has 0 saturated carbocycles. The van der Waals surface area contributed by atoms with Gasteiger partial charge in [-0.2, -0.15) is 0 Å². The van der Waals surface area contributed by atoms with Crippen LogP contribution < -0.4 is 0 Å². The van der Waals surface area contributed by atoms with Gasteiger partial charge in [-0.05, 0) is 43.4 Å². The van der Waals surface area contributed by atoms with Crippen molar-refractivity contribution >= 4 is 16.8 Å². The van der Waals surface area contributed by atoms with Crippen LogP contribution in [0.3, 0.4) is 0 Å². The van der Waals surface area contributed by atoms with E-state index in [2.05, 4.69) is 4.98 Å². The fraction of sp³-hybridized carbons (Fsp3) is 0.316. The maximum atomic E-state index is 11.5. The van der Waals surface area contributed by atoms with E-state index < -0.39 is 0 Å². The minimum atomic E-state index is -0.319. The number of oxazole rings is 1. The van der Waals surface area contributed by atoms with Crippen LogP contribution in [-0.4, -0.2) is 23.1 Å². The largest absolute Gasteiger partial charge is 0.436 e. The van der Waals surface area contributed by atoms with Gasteiger partial charge in [0.2, 0.25) is 5.89 Å². The Bertz CT molecular complexity index is 880. The molecule has 25 heavy (non-hydrogen) atoms. The van der Waals surface area contributed by atoms with E-state index in [-0.39, 0.29) is 10.6 Å². The molecule has 1 saturated heterocycles. The summed E-state index contributed by atoms with van der Waals surface area (Å²) in [6.45, 7) is 1.47. The third kappa shape index (κ3) is 3.25. The van der Waals surface area contributed by atoms with Gasteiger partial charge in [0.1, 0.15) is 5.52 Å². The van der Waals surface area contributed by atoms with Gasteiger partial charge in [0, 0.05) is 30.4 Å². The average Bonchev–Trinajstić information content (AvgIpc) is 3.07. The van der Waals surface area contributed by atoms with Crippen molar-refractivity contribution in [3.05, 3.63) is 58.1 Å². The Morgan fingerprint density at radius 1 is 1.16 bits per heavy atom. The van der Waals surface area contributed by atoms with Crippen LogP contribution in [0.4, 0.5) is 5.69 Å². The van der Waals surface area contributed by atoms with Gasteiger partial charge in [0.15, 0.2) is 5.58 Å². The van der Waals surface area contributed by atoms with Gasteiger partial charge in [0.25, 0.3) is 5.69 Å². The Morgan fingerprint density at radius 2 is 1.96 bits per heavy atom. The number of para-hydroxylation sites is 2. The number of rotatable bonds is 4. The molecule has 3 aromatic rings. The average molecular weight is 338 g/mol. The first-order chi connectivity index (χ1) is 12.2.